The molecule has 206 valence electrons. The molecule has 4 rings (SSSR count). The molecule has 0 spiro atoms. The Morgan fingerprint density at radius 2 is 1.67 bits per heavy atom. The molecule has 0 aliphatic carbocycles. The first-order chi connectivity index (χ1) is 18.6. The van der Waals surface area contributed by atoms with E-state index in [0.29, 0.717) is 16.4 Å². The Hall–Kier alpha value is -3.65. The summed E-state index contributed by atoms with van der Waals surface area (Å²) in [5, 5.41) is 9.55. The fourth-order valence-corrected chi connectivity index (χ4v) is 6.46. The van der Waals surface area contributed by atoms with E-state index < -0.39 is 29.4 Å². The Kier molecular flexibility index (Phi) is 8.45. The van der Waals surface area contributed by atoms with Crippen molar-refractivity contribution in [2.24, 2.45) is 5.92 Å². The minimum Gasteiger partial charge on any atom is -0.466 e. The largest absolute Gasteiger partial charge is 0.466 e. The lowest BCUT2D eigenvalue weighted by molar-refractivity contribution is -0.152. The molecule has 3 aromatic rings. The maximum absolute atomic E-state index is 13.7. The summed E-state index contributed by atoms with van der Waals surface area (Å²) in [6.07, 6.45) is 0. The molecule has 1 aliphatic rings. The first kappa shape index (κ1) is 28.4. The van der Waals surface area contributed by atoms with Crippen molar-refractivity contribution in [3.8, 4) is 11.3 Å². The Morgan fingerprint density at radius 3 is 2.28 bits per heavy atom. The second-order valence-electron chi connectivity index (χ2n) is 10.1. The van der Waals surface area contributed by atoms with E-state index in [1.54, 1.807) is 13.8 Å². The van der Waals surface area contributed by atoms with Gasteiger partial charge in [-0.25, -0.2) is 9.78 Å². The monoisotopic (exact) mass is 547 g/mol. The molecule has 2 heterocycles. The van der Waals surface area contributed by atoms with E-state index in [4.69, 9.17) is 14.5 Å². The van der Waals surface area contributed by atoms with Crippen LogP contribution < -0.4 is 10.6 Å². The van der Waals surface area contributed by atoms with Crippen LogP contribution in [-0.2, 0) is 24.6 Å². The van der Waals surface area contributed by atoms with Gasteiger partial charge in [0.2, 0.25) is 0 Å². The number of aromatic nitrogens is 1. The highest BCUT2D eigenvalue weighted by Crippen LogP contribution is 2.42. The number of benzene rings is 2. The van der Waals surface area contributed by atoms with Gasteiger partial charge in [0.25, 0.3) is 0 Å². The average molecular weight is 548 g/mol. The summed E-state index contributed by atoms with van der Waals surface area (Å²) in [7, 11) is 0. The zero-order valence-corrected chi connectivity index (χ0v) is 24.5. The Bertz CT molecular complexity index is 1370. The van der Waals surface area contributed by atoms with Crippen LogP contribution in [0.1, 0.15) is 49.9 Å². The maximum Gasteiger partial charge on any atom is 0.337 e. The van der Waals surface area contributed by atoms with E-state index in [1.165, 1.54) is 16.9 Å². The molecule has 39 heavy (non-hydrogen) atoms. The third-order valence-electron chi connectivity index (χ3n) is 7.24. The normalized spacial score (nSPS) is 20.8. The summed E-state index contributed by atoms with van der Waals surface area (Å²) in [5.74, 6) is -1.69. The Morgan fingerprint density at radius 1 is 1.03 bits per heavy atom. The van der Waals surface area contributed by atoms with Crippen molar-refractivity contribution in [2.45, 2.75) is 60.0 Å². The lowest BCUT2D eigenvalue weighted by Gasteiger charge is -2.47. The van der Waals surface area contributed by atoms with Crippen LogP contribution in [0.4, 0.5) is 5.13 Å². The van der Waals surface area contributed by atoms with Crippen LogP contribution in [0.2, 0.25) is 0 Å². The molecule has 0 bridgehead atoms. The van der Waals surface area contributed by atoms with Gasteiger partial charge in [0.05, 0.1) is 36.1 Å². The summed E-state index contributed by atoms with van der Waals surface area (Å²) in [5.41, 5.74) is 6.48. The number of aryl methyl sites for hydroxylation is 3. The molecule has 0 saturated carbocycles. The number of nitrogens with zero attached hydrogens (tertiary/aromatic N) is 1. The predicted molar refractivity (Wildman–Crippen MR) is 156 cm³/mol. The van der Waals surface area contributed by atoms with E-state index in [1.807, 2.05) is 49.6 Å². The van der Waals surface area contributed by atoms with Gasteiger partial charge in [-0.15, -0.1) is 11.3 Å². The molecule has 0 fully saturated rings. The number of nitrogens with one attached hydrogen (secondary N) is 2. The number of carbonyl (C=O) groups excluding carboxylic acids is 2. The molecule has 8 heteroatoms. The van der Waals surface area contributed by atoms with Crippen LogP contribution in [0.15, 0.2) is 59.1 Å². The topological polar surface area (TPSA) is 89.5 Å². The molecule has 2 aromatic carbocycles. The highest BCUT2D eigenvalue weighted by Gasteiger charge is 2.53. The number of esters is 2. The number of carbonyl (C=O) groups is 2. The number of ether oxygens (including phenoxy) is 2. The van der Waals surface area contributed by atoms with E-state index >= 15 is 0 Å². The van der Waals surface area contributed by atoms with Crippen LogP contribution in [-0.4, -0.2) is 36.2 Å². The van der Waals surface area contributed by atoms with Crippen molar-refractivity contribution in [2.75, 3.05) is 18.5 Å². The van der Waals surface area contributed by atoms with Gasteiger partial charge in [0, 0.05) is 16.6 Å². The molecule has 3 unspecified atom stereocenters. The van der Waals surface area contributed by atoms with E-state index in [2.05, 4.69) is 43.5 Å². The van der Waals surface area contributed by atoms with E-state index in [-0.39, 0.29) is 13.2 Å². The second-order valence-corrected chi connectivity index (χ2v) is 11.0. The summed E-state index contributed by atoms with van der Waals surface area (Å²) in [4.78, 5) is 31.9. The quantitative estimate of drug-likeness (QED) is 0.332. The molecule has 1 aliphatic heterocycles. The van der Waals surface area contributed by atoms with Gasteiger partial charge in [-0.2, -0.15) is 0 Å². The van der Waals surface area contributed by atoms with Gasteiger partial charge in [0.1, 0.15) is 5.92 Å². The lowest BCUT2D eigenvalue weighted by atomic mass is 9.70. The van der Waals surface area contributed by atoms with Crippen molar-refractivity contribution in [3.63, 3.8) is 0 Å². The first-order valence-corrected chi connectivity index (χ1v) is 14.2. The van der Waals surface area contributed by atoms with Crippen LogP contribution in [0.3, 0.4) is 0 Å². The molecule has 0 saturated heterocycles. The molecular weight excluding hydrogens is 510 g/mol. The SMILES string of the molecule is CCOC(=O)C1=C(C)NC(C)(c2ccccc2)C(C(=O)OCC)C1Nc1nc(-c2c(C)cc(C)cc2C)cs1. The first-order valence-electron chi connectivity index (χ1n) is 13.3. The average Bonchev–Trinajstić information content (AvgIpc) is 3.31. The third-order valence-corrected chi connectivity index (χ3v) is 8.02. The summed E-state index contributed by atoms with van der Waals surface area (Å²) < 4.78 is 11.0. The molecule has 2 N–H and O–H groups in total. The molecule has 7 nitrogen and oxygen atoms in total. The van der Waals surface area contributed by atoms with Crippen LogP contribution in [0, 0.1) is 26.7 Å². The van der Waals surface area contributed by atoms with Crippen LogP contribution in [0.25, 0.3) is 11.3 Å². The van der Waals surface area contributed by atoms with Gasteiger partial charge in [-0.1, -0.05) is 48.0 Å². The molecule has 3 atom stereocenters. The number of allylic oxidation sites excluding steroid dienone is 1. The Labute approximate surface area is 234 Å². The lowest BCUT2D eigenvalue weighted by Crippen LogP contribution is -2.60. The van der Waals surface area contributed by atoms with Crippen LogP contribution in [0.5, 0.6) is 0 Å². The number of thiazole rings is 1. The van der Waals surface area contributed by atoms with Crippen molar-refractivity contribution in [1.82, 2.24) is 10.3 Å². The van der Waals surface area contributed by atoms with Gasteiger partial charge in [-0.3, -0.25) is 4.79 Å². The zero-order valence-electron chi connectivity index (χ0n) is 23.7. The third kappa shape index (κ3) is 5.57. The summed E-state index contributed by atoms with van der Waals surface area (Å²) in [6, 6.07) is 13.3. The van der Waals surface area contributed by atoms with Gasteiger partial charge < -0.3 is 20.1 Å². The number of anilines is 1. The fraction of sp³-hybridized carbons (Fsp3) is 0.387. The molecule has 0 amide bonds. The van der Waals surface area contributed by atoms with Crippen molar-refractivity contribution >= 4 is 28.4 Å². The van der Waals surface area contributed by atoms with E-state index in [9.17, 15) is 9.59 Å². The van der Waals surface area contributed by atoms with Crippen molar-refractivity contribution in [3.05, 3.63) is 81.4 Å². The van der Waals surface area contributed by atoms with Crippen LogP contribution >= 0.6 is 11.3 Å². The number of hydrogen-bond donors (Lipinski definition) is 2. The van der Waals surface area contributed by atoms with Gasteiger partial charge in [-0.05, 0) is 65.2 Å². The van der Waals surface area contributed by atoms with Crippen molar-refractivity contribution in [1.29, 1.82) is 0 Å². The van der Waals surface area contributed by atoms with Gasteiger partial charge >= 0.3 is 11.9 Å². The van der Waals surface area contributed by atoms with E-state index in [0.717, 1.165) is 27.9 Å². The van der Waals surface area contributed by atoms with Crippen molar-refractivity contribution < 1.29 is 19.1 Å². The number of hydrogen-bond acceptors (Lipinski definition) is 8. The molecule has 1 aromatic heterocycles. The minimum absolute atomic E-state index is 0.218. The standard InChI is InChI=1S/C31H37N3O4S/c1-8-37-28(35)25-21(6)34-31(7,22-13-11-10-12-14-22)26(29(36)38-9-2)27(25)33-30-32-23(17-39-30)24-19(4)15-18(3)16-20(24)5/h10-17,26-27,34H,8-9H2,1-7H3,(H,32,33). The second kappa shape index (κ2) is 11.6. The molecular formula is C31H37N3O4S. The minimum atomic E-state index is -0.866. The number of rotatable bonds is 8. The summed E-state index contributed by atoms with van der Waals surface area (Å²) >= 11 is 1.44. The predicted octanol–water partition coefficient (Wildman–Crippen LogP) is 6.05. The Balaban J connectivity index is 1.84. The highest BCUT2D eigenvalue weighted by atomic mass is 32.1. The highest BCUT2D eigenvalue weighted by molar-refractivity contribution is 7.14. The van der Waals surface area contributed by atoms with Gasteiger partial charge in [0.15, 0.2) is 5.13 Å². The molecule has 0 radical (unpaired) electrons. The smallest absolute Gasteiger partial charge is 0.337 e. The fourth-order valence-electron chi connectivity index (χ4n) is 5.72. The zero-order chi connectivity index (χ0) is 28.3. The summed E-state index contributed by atoms with van der Waals surface area (Å²) in [6.45, 7) is 14.1. The maximum atomic E-state index is 13.7.